The van der Waals surface area contributed by atoms with E-state index in [9.17, 15) is 18.0 Å². The summed E-state index contributed by atoms with van der Waals surface area (Å²) in [5.41, 5.74) is 0.538. The van der Waals surface area contributed by atoms with Crippen molar-refractivity contribution in [2.45, 2.75) is 34.6 Å². The van der Waals surface area contributed by atoms with E-state index in [0.29, 0.717) is 25.3 Å². The average Bonchev–Trinajstić information content (AvgIpc) is 3.25. The first kappa shape index (κ1) is 18.7. The van der Waals surface area contributed by atoms with Gasteiger partial charge in [-0.25, -0.2) is 8.42 Å². The summed E-state index contributed by atoms with van der Waals surface area (Å²) in [4.78, 5) is 25.7. The summed E-state index contributed by atoms with van der Waals surface area (Å²) in [7, 11) is -3.52. The van der Waals surface area contributed by atoms with Gasteiger partial charge in [-0.1, -0.05) is 6.92 Å². The minimum atomic E-state index is -3.52. The number of amides is 2. The Hall–Kier alpha value is -1.10. The van der Waals surface area contributed by atoms with Crippen LogP contribution in [0.1, 0.15) is 26.2 Å². The molecular weight excluding hydrogens is 382 g/mol. The lowest BCUT2D eigenvalue weighted by molar-refractivity contribution is -0.122. The maximum absolute atomic E-state index is 12.7. The van der Waals surface area contributed by atoms with Crippen LogP contribution in [-0.2, 0) is 19.6 Å². The summed E-state index contributed by atoms with van der Waals surface area (Å²) in [5.74, 6) is -0.187. The van der Waals surface area contributed by atoms with E-state index in [2.05, 4.69) is 5.32 Å². The number of nitrogens with zero attached hydrogens (tertiary/aromatic N) is 2. The van der Waals surface area contributed by atoms with E-state index < -0.39 is 10.0 Å². The van der Waals surface area contributed by atoms with Gasteiger partial charge in [-0.3, -0.25) is 9.59 Å². The largest absolute Gasteiger partial charge is 0.355 e. The van der Waals surface area contributed by atoms with Gasteiger partial charge in [-0.2, -0.15) is 4.31 Å². The topological polar surface area (TPSA) is 86.8 Å². The number of sulfonamides is 1. The molecule has 10 heteroatoms. The molecule has 1 saturated heterocycles. The zero-order chi connectivity index (χ0) is 18.0. The predicted molar refractivity (Wildman–Crippen MR) is 98.7 cm³/mol. The summed E-state index contributed by atoms with van der Waals surface area (Å²) in [6.45, 7) is 3.52. The number of carbonyl (C=O) groups excluding carboxylic acids is 2. The molecule has 2 amide bonds. The smallest absolute Gasteiger partial charge is 0.252 e. The van der Waals surface area contributed by atoms with Gasteiger partial charge in [-0.05, 0) is 25.3 Å². The fourth-order valence-electron chi connectivity index (χ4n) is 2.79. The van der Waals surface area contributed by atoms with E-state index in [1.807, 2.05) is 6.92 Å². The van der Waals surface area contributed by atoms with Crippen molar-refractivity contribution in [3.05, 3.63) is 6.07 Å². The van der Waals surface area contributed by atoms with E-state index in [4.69, 9.17) is 0 Å². The molecule has 0 radical (unpaired) electrons. The van der Waals surface area contributed by atoms with Gasteiger partial charge in [0.15, 0.2) is 0 Å². The maximum atomic E-state index is 12.7. The fraction of sp³-hybridized carbons (Fsp3) is 0.600. The van der Waals surface area contributed by atoms with Crippen LogP contribution in [-0.4, -0.2) is 56.5 Å². The highest BCUT2D eigenvalue weighted by Crippen LogP contribution is 2.44. The number of hydrogen-bond acceptors (Lipinski definition) is 6. The molecule has 0 aliphatic carbocycles. The van der Waals surface area contributed by atoms with E-state index in [-0.39, 0.29) is 28.3 Å². The Morgan fingerprint density at radius 2 is 2.04 bits per heavy atom. The number of fused-ring (bicyclic) bond motifs is 1. The van der Waals surface area contributed by atoms with E-state index >= 15 is 0 Å². The molecule has 0 saturated carbocycles. The second kappa shape index (κ2) is 7.65. The van der Waals surface area contributed by atoms with Crippen LogP contribution in [0.25, 0.3) is 0 Å². The third-order valence-electron chi connectivity index (χ3n) is 4.11. The molecule has 2 aliphatic rings. The van der Waals surface area contributed by atoms with Gasteiger partial charge in [0.1, 0.15) is 10.8 Å². The van der Waals surface area contributed by atoms with Crippen molar-refractivity contribution in [1.82, 2.24) is 9.62 Å². The average molecular weight is 404 g/mol. The van der Waals surface area contributed by atoms with Gasteiger partial charge in [0.25, 0.3) is 10.0 Å². The van der Waals surface area contributed by atoms with Crippen molar-refractivity contribution in [2.75, 3.05) is 36.8 Å². The number of thiophene rings is 1. The molecule has 3 heterocycles. The van der Waals surface area contributed by atoms with Crippen LogP contribution in [0, 0.1) is 0 Å². The number of nitrogens with one attached hydrogen (secondary N) is 1. The van der Waals surface area contributed by atoms with Crippen molar-refractivity contribution in [2.24, 2.45) is 0 Å². The fourth-order valence-corrected chi connectivity index (χ4v) is 7.23. The second-order valence-electron chi connectivity index (χ2n) is 5.97. The lowest BCUT2D eigenvalue weighted by Crippen LogP contribution is -2.43. The zero-order valence-corrected chi connectivity index (χ0v) is 16.4. The number of thioether (sulfide) groups is 1. The van der Waals surface area contributed by atoms with E-state index in [1.54, 1.807) is 6.07 Å². The Bertz CT molecular complexity index is 769. The lowest BCUT2D eigenvalue weighted by atomic mass is 10.3. The van der Waals surface area contributed by atoms with Gasteiger partial charge in [0, 0.05) is 19.6 Å². The molecule has 2 aliphatic heterocycles. The molecule has 1 aromatic heterocycles. The monoisotopic (exact) mass is 403 g/mol. The molecular formula is C15H21N3O4S3. The maximum Gasteiger partial charge on any atom is 0.252 e. The normalized spacial score (nSPS) is 18.4. The van der Waals surface area contributed by atoms with Crippen molar-refractivity contribution in [3.63, 3.8) is 0 Å². The molecule has 0 bridgehead atoms. The second-order valence-corrected chi connectivity index (χ2v) is 10.4. The summed E-state index contributed by atoms with van der Waals surface area (Å²) < 4.78 is 28.0. The Balaban J connectivity index is 1.85. The van der Waals surface area contributed by atoms with Crippen LogP contribution in [0.4, 0.5) is 5.69 Å². The van der Waals surface area contributed by atoms with Crippen LogP contribution in [0.3, 0.4) is 0 Å². The highest BCUT2D eigenvalue weighted by molar-refractivity contribution is 8.02. The molecule has 0 unspecified atom stereocenters. The number of carbonyl (C=O) groups is 2. The highest BCUT2D eigenvalue weighted by atomic mass is 32.3. The van der Waals surface area contributed by atoms with Crippen LogP contribution in [0.5, 0.6) is 0 Å². The standard InChI is InChI=1S/C15H21N3O4S3/c1-2-5-16-12(19)9-18-11-8-14(24-15(11)23-10-13(18)20)25(21,22)17-6-3-4-7-17/h8H,2-7,9-10H2,1H3,(H,16,19). The highest BCUT2D eigenvalue weighted by Gasteiger charge is 2.34. The molecule has 7 nitrogen and oxygen atoms in total. The van der Waals surface area contributed by atoms with E-state index in [1.165, 1.54) is 32.3 Å². The quantitative estimate of drug-likeness (QED) is 0.778. The molecule has 138 valence electrons. The molecule has 3 rings (SSSR count). The molecule has 1 aromatic rings. The van der Waals surface area contributed by atoms with Crippen molar-refractivity contribution >= 4 is 50.6 Å². The number of anilines is 1. The molecule has 1 fully saturated rings. The minimum absolute atomic E-state index is 0.0771. The first-order valence-corrected chi connectivity index (χ1v) is 11.5. The van der Waals surface area contributed by atoms with Gasteiger partial charge >= 0.3 is 0 Å². The minimum Gasteiger partial charge on any atom is -0.355 e. The van der Waals surface area contributed by atoms with Gasteiger partial charge in [0.05, 0.1) is 15.6 Å². The zero-order valence-electron chi connectivity index (χ0n) is 14.0. The summed E-state index contributed by atoms with van der Waals surface area (Å²) in [6, 6.07) is 1.55. The lowest BCUT2D eigenvalue weighted by Gasteiger charge is -2.25. The van der Waals surface area contributed by atoms with Crippen molar-refractivity contribution in [3.8, 4) is 0 Å². The first-order valence-electron chi connectivity index (χ1n) is 8.27. The summed E-state index contributed by atoms with van der Waals surface area (Å²) >= 11 is 2.53. The number of rotatable bonds is 6. The molecule has 25 heavy (non-hydrogen) atoms. The Labute approximate surface area is 155 Å². The summed E-state index contributed by atoms with van der Waals surface area (Å²) in [5, 5.41) is 2.75. The molecule has 0 atom stereocenters. The third kappa shape index (κ3) is 3.86. The Kier molecular flexibility index (Phi) is 5.71. The van der Waals surface area contributed by atoms with Crippen LogP contribution in [0.2, 0.25) is 0 Å². The summed E-state index contributed by atoms with van der Waals surface area (Å²) in [6.07, 6.45) is 2.57. The van der Waals surface area contributed by atoms with Crippen LogP contribution < -0.4 is 10.2 Å². The van der Waals surface area contributed by atoms with Gasteiger partial charge in [0.2, 0.25) is 11.8 Å². The van der Waals surface area contributed by atoms with Crippen LogP contribution in [0.15, 0.2) is 14.5 Å². The van der Waals surface area contributed by atoms with E-state index in [0.717, 1.165) is 23.5 Å². The Morgan fingerprint density at radius 3 is 2.72 bits per heavy atom. The van der Waals surface area contributed by atoms with Gasteiger partial charge in [-0.15, -0.1) is 23.1 Å². The SMILES string of the molecule is CCCNC(=O)CN1C(=O)CSc2sc(S(=O)(=O)N3CCCC3)cc21. The van der Waals surface area contributed by atoms with Gasteiger partial charge < -0.3 is 10.2 Å². The Morgan fingerprint density at radius 1 is 1.32 bits per heavy atom. The predicted octanol–water partition coefficient (Wildman–Crippen LogP) is 1.50. The first-order chi connectivity index (χ1) is 11.9. The van der Waals surface area contributed by atoms with Crippen molar-refractivity contribution in [1.29, 1.82) is 0 Å². The molecule has 1 N–H and O–H groups in total. The van der Waals surface area contributed by atoms with Crippen molar-refractivity contribution < 1.29 is 18.0 Å². The third-order valence-corrected chi connectivity index (χ3v) is 8.84. The molecule has 0 spiro atoms. The molecule has 0 aromatic carbocycles. The van der Waals surface area contributed by atoms with Crippen LogP contribution >= 0.6 is 23.1 Å². The number of hydrogen-bond donors (Lipinski definition) is 1.